The third-order valence-corrected chi connectivity index (χ3v) is 4.23. The van der Waals surface area contributed by atoms with Crippen molar-refractivity contribution in [3.63, 3.8) is 0 Å². The maximum absolute atomic E-state index is 12.2. The van der Waals surface area contributed by atoms with E-state index in [9.17, 15) is 14.4 Å². The second-order valence-electron chi connectivity index (χ2n) is 7.21. The van der Waals surface area contributed by atoms with Crippen LogP contribution in [0.4, 0.5) is 0 Å². The van der Waals surface area contributed by atoms with Crippen LogP contribution in [0.15, 0.2) is 18.2 Å². The monoisotopic (exact) mass is 408 g/mol. The van der Waals surface area contributed by atoms with Crippen molar-refractivity contribution in [2.45, 2.75) is 46.1 Å². The Hall–Kier alpha value is -2.77. The Morgan fingerprint density at radius 1 is 1.00 bits per heavy atom. The summed E-state index contributed by atoms with van der Waals surface area (Å²) in [7, 11) is 2.96. The molecule has 0 saturated heterocycles. The number of methoxy groups -OCH3 is 2. The first-order valence-electron chi connectivity index (χ1n) is 9.72. The van der Waals surface area contributed by atoms with Gasteiger partial charge in [-0.2, -0.15) is 0 Å². The second kappa shape index (κ2) is 12.6. The standard InChI is InChI=1S/C21H32N2O6/c1-14(2)7-6-8-15(3)23-19(24)13-29-20(25)12-22-21(26)16-9-10-17(27-4)18(11-16)28-5/h9-11,14-15H,6-8,12-13H2,1-5H3,(H,22,26)(H,23,24). The van der Waals surface area contributed by atoms with Gasteiger partial charge in [0.2, 0.25) is 0 Å². The fraction of sp³-hybridized carbons (Fsp3) is 0.571. The van der Waals surface area contributed by atoms with Gasteiger partial charge in [-0.15, -0.1) is 0 Å². The first kappa shape index (κ1) is 24.3. The number of carbonyl (C=O) groups is 3. The molecule has 0 bridgehead atoms. The molecule has 0 aliphatic rings. The minimum Gasteiger partial charge on any atom is -0.493 e. The van der Waals surface area contributed by atoms with Crippen LogP contribution in [-0.2, 0) is 14.3 Å². The van der Waals surface area contributed by atoms with Crippen molar-refractivity contribution in [2.24, 2.45) is 5.92 Å². The van der Waals surface area contributed by atoms with Crippen LogP contribution in [0.2, 0.25) is 0 Å². The van der Waals surface area contributed by atoms with E-state index in [2.05, 4.69) is 24.5 Å². The van der Waals surface area contributed by atoms with Crippen LogP contribution < -0.4 is 20.1 Å². The summed E-state index contributed by atoms with van der Waals surface area (Å²) in [6.45, 7) is 5.52. The molecule has 2 amide bonds. The normalized spacial score (nSPS) is 11.5. The Kier molecular flexibility index (Phi) is 10.6. The molecule has 1 rings (SSSR count). The molecule has 0 heterocycles. The first-order chi connectivity index (χ1) is 13.8. The van der Waals surface area contributed by atoms with E-state index in [1.54, 1.807) is 12.1 Å². The van der Waals surface area contributed by atoms with Gasteiger partial charge in [-0.05, 0) is 37.5 Å². The lowest BCUT2D eigenvalue weighted by Crippen LogP contribution is -2.37. The highest BCUT2D eigenvalue weighted by Gasteiger charge is 2.14. The molecule has 0 aromatic heterocycles. The van der Waals surface area contributed by atoms with E-state index in [4.69, 9.17) is 14.2 Å². The number of ether oxygens (including phenoxy) is 3. The van der Waals surface area contributed by atoms with Gasteiger partial charge >= 0.3 is 5.97 Å². The van der Waals surface area contributed by atoms with Crippen LogP contribution in [0.1, 0.15) is 50.4 Å². The van der Waals surface area contributed by atoms with Crippen molar-refractivity contribution in [1.82, 2.24) is 10.6 Å². The smallest absolute Gasteiger partial charge is 0.325 e. The summed E-state index contributed by atoms with van der Waals surface area (Å²) in [5.41, 5.74) is 0.309. The summed E-state index contributed by atoms with van der Waals surface area (Å²) >= 11 is 0. The van der Waals surface area contributed by atoms with Crippen LogP contribution in [0.3, 0.4) is 0 Å². The topological polar surface area (TPSA) is 103 Å². The van der Waals surface area contributed by atoms with Gasteiger partial charge in [-0.25, -0.2) is 0 Å². The zero-order valence-electron chi connectivity index (χ0n) is 17.9. The van der Waals surface area contributed by atoms with Crippen molar-refractivity contribution in [3.8, 4) is 11.5 Å². The lowest BCUT2D eigenvalue weighted by molar-refractivity contribution is -0.147. The molecule has 0 spiro atoms. The first-order valence-corrected chi connectivity index (χ1v) is 9.72. The molecule has 0 radical (unpaired) electrons. The number of esters is 1. The Bertz CT molecular complexity index is 690. The summed E-state index contributed by atoms with van der Waals surface area (Å²) in [5.74, 6) is 0.0112. The SMILES string of the molecule is COc1ccc(C(=O)NCC(=O)OCC(=O)NC(C)CCCC(C)C)cc1OC. The van der Waals surface area contributed by atoms with Crippen molar-refractivity contribution >= 4 is 17.8 Å². The molecular formula is C21H32N2O6. The van der Waals surface area contributed by atoms with E-state index in [0.29, 0.717) is 23.0 Å². The number of benzene rings is 1. The lowest BCUT2D eigenvalue weighted by atomic mass is 10.0. The largest absolute Gasteiger partial charge is 0.493 e. The molecule has 1 aromatic carbocycles. The number of carbonyl (C=O) groups excluding carboxylic acids is 3. The van der Waals surface area contributed by atoms with Gasteiger partial charge in [0.1, 0.15) is 6.54 Å². The van der Waals surface area contributed by atoms with Crippen LogP contribution in [-0.4, -0.2) is 51.2 Å². The highest BCUT2D eigenvalue weighted by Crippen LogP contribution is 2.27. The average molecular weight is 408 g/mol. The summed E-state index contributed by atoms with van der Waals surface area (Å²) < 4.78 is 15.2. The molecule has 162 valence electrons. The molecule has 29 heavy (non-hydrogen) atoms. The number of rotatable bonds is 12. The Morgan fingerprint density at radius 2 is 1.69 bits per heavy atom. The third kappa shape index (κ3) is 9.32. The molecule has 1 unspecified atom stereocenters. The van der Waals surface area contributed by atoms with Gasteiger partial charge in [0.05, 0.1) is 14.2 Å². The van der Waals surface area contributed by atoms with Crippen molar-refractivity contribution in [3.05, 3.63) is 23.8 Å². The molecule has 8 nitrogen and oxygen atoms in total. The van der Waals surface area contributed by atoms with Gasteiger partial charge in [0, 0.05) is 11.6 Å². The van der Waals surface area contributed by atoms with Crippen molar-refractivity contribution < 1.29 is 28.6 Å². The molecule has 1 atom stereocenters. The third-order valence-electron chi connectivity index (χ3n) is 4.23. The zero-order valence-corrected chi connectivity index (χ0v) is 17.9. The van der Waals surface area contributed by atoms with Crippen LogP contribution >= 0.6 is 0 Å². The number of nitrogens with one attached hydrogen (secondary N) is 2. The van der Waals surface area contributed by atoms with Gasteiger partial charge < -0.3 is 24.8 Å². The number of hydrogen-bond acceptors (Lipinski definition) is 6. The fourth-order valence-electron chi connectivity index (χ4n) is 2.65. The fourth-order valence-corrected chi connectivity index (χ4v) is 2.65. The van der Waals surface area contributed by atoms with E-state index in [1.165, 1.54) is 20.3 Å². The Morgan fingerprint density at radius 3 is 2.31 bits per heavy atom. The van der Waals surface area contributed by atoms with E-state index in [-0.39, 0.29) is 25.1 Å². The zero-order chi connectivity index (χ0) is 21.8. The van der Waals surface area contributed by atoms with Gasteiger partial charge in [0.15, 0.2) is 18.1 Å². The molecule has 0 aliphatic heterocycles. The van der Waals surface area contributed by atoms with Crippen molar-refractivity contribution in [1.29, 1.82) is 0 Å². The maximum Gasteiger partial charge on any atom is 0.325 e. The highest BCUT2D eigenvalue weighted by molar-refractivity contribution is 5.96. The van der Waals surface area contributed by atoms with E-state index < -0.39 is 11.9 Å². The summed E-state index contributed by atoms with van der Waals surface area (Å²) in [4.78, 5) is 35.8. The van der Waals surface area contributed by atoms with Gasteiger partial charge in [-0.1, -0.05) is 26.7 Å². The van der Waals surface area contributed by atoms with E-state index >= 15 is 0 Å². The minimum absolute atomic E-state index is 0.0182. The van der Waals surface area contributed by atoms with Crippen molar-refractivity contribution in [2.75, 3.05) is 27.4 Å². The maximum atomic E-state index is 12.2. The average Bonchev–Trinajstić information content (AvgIpc) is 2.69. The number of hydrogen-bond donors (Lipinski definition) is 2. The molecule has 0 fully saturated rings. The van der Waals surface area contributed by atoms with E-state index in [1.807, 2.05) is 6.92 Å². The molecule has 1 aromatic rings. The van der Waals surface area contributed by atoms with Crippen LogP contribution in [0.25, 0.3) is 0 Å². The molecule has 0 aliphatic carbocycles. The minimum atomic E-state index is -0.693. The predicted molar refractivity (Wildman–Crippen MR) is 109 cm³/mol. The molecule has 0 saturated carbocycles. The molecule has 8 heteroatoms. The predicted octanol–water partition coefficient (Wildman–Crippen LogP) is 2.31. The quantitative estimate of drug-likeness (QED) is 0.515. The van der Waals surface area contributed by atoms with Gasteiger partial charge in [0.25, 0.3) is 11.8 Å². The number of amides is 2. The summed E-state index contributed by atoms with van der Waals surface area (Å²) in [6, 6.07) is 4.67. The van der Waals surface area contributed by atoms with Crippen LogP contribution in [0.5, 0.6) is 11.5 Å². The Balaban J connectivity index is 2.34. The van der Waals surface area contributed by atoms with E-state index in [0.717, 1.165) is 19.3 Å². The second-order valence-corrected chi connectivity index (χ2v) is 7.21. The lowest BCUT2D eigenvalue weighted by Gasteiger charge is -2.14. The van der Waals surface area contributed by atoms with Gasteiger partial charge in [-0.3, -0.25) is 14.4 Å². The molecular weight excluding hydrogens is 376 g/mol. The Labute approximate surface area is 172 Å². The summed E-state index contributed by atoms with van der Waals surface area (Å²) in [5, 5.41) is 5.24. The molecule has 2 N–H and O–H groups in total. The highest BCUT2D eigenvalue weighted by atomic mass is 16.5. The van der Waals surface area contributed by atoms with Crippen LogP contribution in [0, 0.1) is 5.92 Å². The summed E-state index contributed by atoms with van der Waals surface area (Å²) in [6.07, 6.45) is 3.01.